The van der Waals surface area contributed by atoms with Crippen LogP contribution < -0.4 is 11.1 Å². The molecule has 3 rings (SSSR count). The van der Waals surface area contributed by atoms with Gasteiger partial charge in [0.1, 0.15) is 5.01 Å². The number of nitrogens with one attached hydrogen (secondary N) is 1. The van der Waals surface area contributed by atoms with Gasteiger partial charge in [-0.15, -0.1) is 35.3 Å². The molecule has 1 aliphatic rings. The SMILES string of the molecule is Cc1sc(CN=C(N)NC2CCCC2)nc1-c1ccc(Cl)cc1.I. The van der Waals surface area contributed by atoms with Crippen LogP contribution in [0, 0.1) is 6.92 Å². The highest BCUT2D eigenvalue weighted by atomic mass is 127. The van der Waals surface area contributed by atoms with Crippen molar-refractivity contribution in [1.29, 1.82) is 0 Å². The van der Waals surface area contributed by atoms with Crippen LogP contribution in [0.2, 0.25) is 5.02 Å². The maximum absolute atomic E-state index is 5.98. The molecule has 1 fully saturated rings. The predicted octanol–water partition coefficient (Wildman–Crippen LogP) is 4.74. The number of hydrogen-bond donors (Lipinski definition) is 2. The number of aryl methyl sites for hydroxylation is 1. The highest BCUT2D eigenvalue weighted by Gasteiger charge is 2.15. The molecule has 1 aromatic carbocycles. The number of thiazole rings is 1. The smallest absolute Gasteiger partial charge is 0.189 e. The summed E-state index contributed by atoms with van der Waals surface area (Å²) in [5, 5.41) is 5.01. The third kappa shape index (κ3) is 5.07. The fourth-order valence-electron chi connectivity index (χ4n) is 2.87. The van der Waals surface area contributed by atoms with Gasteiger partial charge in [-0.1, -0.05) is 36.6 Å². The minimum atomic E-state index is 0. The molecule has 24 heavy (non-hydrogen) atoms. The fraction of sp³-hybridized carbons (Fsp3) is 0.412. The van der Waals surface area contributed by atoms with Crippen molar-refractivity contribution in [1.82, 2.24) is 10.3 Å². The molecule has 7 heteroatoms. The quantitative estimate of drug-likeness (QED) is 0.381. The molecular formula is C17H22ClIN4S. The zero-order chi connectivity index (χ0) is 16.2. The zero-order valence-electron chi connectivity index (χ0n) is 13.6. The van der Waals surface area contributed by atoms with E-state index in [4.69, 9.17) is 22.3 Å². The lowest BCUT2D eigenvalue weighted by Crippen LogP contribution is -2.38. The third-order valence-electron chi connectivity index (χ3n) is 4.05. The highest BCUT2D eigenvalue weighted by Crippen LogP contribution is 2.28. The Hall–Kier alpha value is -0.860. The van der Waals surface area contributed by atoms with E-state index in [0.717, 1.165) is 21.3 Å². The number of rotatable bonds is 4. The molecule has 1 heterocycles. The van der Waals surface area contributed by atoms with E-state index in [1.807, 2.05) is 24.3 Å². The average Bonchev–Trinajstić information content (AvgIpc) is 3.16. The number of aliphatic imine (C=N–C) groups is 1. The molecule has 4 nitrogen and oxygen atoms in total. The van der Waals surface area contributed by atoms with E-state index in [1.165, 1.54) is 30.6 Å². The predicted molar refractivity (Wildman–Crippen MR) is 113 cm³/mol. The van der Waals surface area contributed by atoms with Gasteiger partial charge in [0.15, 0.2) is 5.96 Å². The zero-order valence-corrected chi connectivity index (χ0v) is 17.5. The van der Waals surface area contributed by atoms with Gasteiger partial charge in [-0.3, -0.25) is 0 Å². The molecule has 0 spiro atoms. The van der Waals surface area contributed by atoms with Gasteiger partial charge in [0, 0.05) is 21.5 Å². The van der Waals surface area contributed by atoms with Crippen molar-refractivity contribution in [3.8, 4) is 11.3 Å². The molecule has 0 atom stereocenters. The van der Waals surface area contributed by atoms with E-state index in [1.54, 1.807) is 11.3 Å². The van der Waals surface area contributed by atoms with E-state index in [-0.39, 0.29) is 24.0 Å². The third-order valence-corrected chi connectivity index (χ3v) is 5.26. The summed E-state index contributed by atoms with van der Waals surface area (Å²) in [5.41, 5.74) is 8.05. The largest absolute Gasteiger partial charge is 0.370 e. The Balaban J connectivity index is 0.00000208. The summed E-state index contributed by atoms with van der Waals surface area (Å²) in [7, 11) is 0. The maximum Gasteiger partial charge on any atom is 0.189 e. The summed E-state index contributed by atoms with van der Waals surface area (Å²) in [5.74, 6) is 0.526. The standard InChI is InChI=1S/C17H21ClN4S.HI/c1-11-16(12-6-8-13(18)9-7-12)22-15(23-11)10-20-17(19)21-14-4-2-3-5-14;/h6-9,14H,2-5,10H2,1H3,(H3,19,20,21);1H. The fourth-order valence-corrected chi connectivity index (χ4v) is 3.88. The van der Waals surface area contributed by atoms with E-state index >= 15 is 0 Å². The Labute approximate surface area is 168 Å². The first-order chi connectivity index (χ1) is 11.1. The van der Waals surface area contributed by atoms with Crippen LogP contribution >= 0.6 is 46.9 Å². The molecule has 0 amide bonds. The Morgan fingerprint density at radius 2 is 2.00 bits per heavy atom. The second-order valence-corrected chi connectivity index (χ2v) is 7.57. The number of benzene rings is 1. The summed E-state index contributed by atoms with van der Waals surface area (Å²) in [6, 6.07) is 8.25. The van der Waals surface area contributed by atoms with Crippen LogP contribution in [0.1, 0.15) is 35.6 Å². The number of nitrogens with two attached hydrogens (primary N) is 1. The van der Waals surface area contributed by atoms with Gasteiger partial charge in [0.25, 0.3) is 0 Å². The molecule has 130 valence electrons. The highest BCUT2D eigenvalue weighted by molar-refractivity contribution is 14.0. The summed E-state index contributed by atoms with van der Waals surface area (Å²) >= 11 is 7.61. The Bertz CT molecular complexity index is 693. The molecule has 0 radical (unpaired) electrons. The van der Waals surface area contributed by atoms with Crippen molar-refractivity contribution >= 4 is 52.9 Å². The molecule has 1 saturated carbocycles. The summed E-state index contributed by atoms with van der Waals surface area (Å²) in [6.45, 7) is 2.60. The van der Waals surface area contributed by atoms with E-state index < -0.39 is 0 Å². The van der Waals surface area contributed by atoms with Crippen molar-refractivity contribution < 1.29 is 0 Å². The van der Waals surface area contributed by atoms with Crippen LogP contribution in [-0.4, -0.2) is 17.0 Å². The van der Waals surface area contributed by atoms with Crippen molar-refractivity contribution in [3.05, 3.63) is 39.2 Å². The van der Waals surface area contributed by atoms with Crippen LogP contribution in [0.5, 0.6) is 0 Å². The topological polar surface area (TPSA) is 63.3 Å². The number of hydrogen-bond acceptors (Lipinski definition) is 3. The summed E-state index contributed by atoms with van der Waals surface area (Å²) in [6.07, 6.45) is 4.93. The van der Waals surface area contributed by atoms with Gasteiger partial charge in [0.2, 0.25) is 0 Å². The Morgan fingerprint density at radius 1 is 1.33 bits per heavy atom. The van der Waals surface area contributed by atoms with Gasteiger partial charge in [-0.05, 0) is 31.9 Å². The molecule has 0 bridgehead atoms. The average molecular weight is 477 g/mol. The molecule has 0 aliphatic heterocycles. The monoisotopic (exact) mass is 476 g/mol. The normalized spacial score (nSPS) is 15.3. The van der Waals surface area contributed by atoms with Crippen LogP contribution in [-0.2, 0) is 6.54 Å². The maximum atomic E-state index is 5.98. The molecule has 0 unspecified atom stereocenters. The molecule has 2 aromatic rings. The van der Waals surface area contributed by atoms with Crippen LogP contribution in [0.3, 0.4) is 0 Å². The first-order valence-corrected chi connectivity index (χ1v) is 9.10. The first-order valence-electron chi connectivity index (χ1n) is 7.90. The number of aromatic nitrogens is 1. The van der Waals surface area contributed by atoms with Crippen molar-refractivity contribution in [3.63, 3.8) is 0 Å². The van der Waals surface area contributed by atoms with E-state index in [9.17, 15) is 0 Å². The lowest BCUT2D eigenvalue weighted by Gasteiger charge is -2.11. The van der Waals surface area contributed by atoms with Crippen molar-refractivity contribution in [2.75, 3.05) is 0 Å². The number of halogens is 2. The number of nitrogens with zero attached hydrogens (tertiary/aromatic N) is 2. The molecule has 1 aromatic heterocycles. The van der Waals surface area contributed by atoms with Gasteiger partial charge in [-0.2, -0.15) is 0 Å². The minimum absolute atomic E-state index is 0. The lowest BCUT2D eigenvalue weighted by atomic mass is 10.1. The molecule has 0 saturated heterocycles. The first kappa shape index (κ1) is 19.5. The molecule has 1 aliphatic carbocycles. The number of guanidine groups is 1. The summed E-state index contributed by atoms with van der Waals surface area (Å²) in [4.78, 5) is 10.3. The molecular weight excluding hydrogens is 455 g/mol. The van der Waals surface area contributed by atoms with E-state index in [2.05, 4.69) is 17.2 Å². The van der Waals surface area contributed by atoms with Gasteiger partial charge in [-0.25, -0.2) is 9.98 Å². The molecule has 3 N–H and O–H groups in total. The summed E-state index contributed by atoms with van der Waals surface area (Å²) < 4.78 is 0. The van der Waals surface area contributed by atoms with Gasteiger partial charge >= 0.3 is 0 Å². The lowest BCUT2D eigenvalue weighted by molar-refractivity contribution is 0.625. The van der Waals surface area contributed by atoms with Crippen molar-refractivity contribution in [2.45, 2.75) is 45.2 Å². The van der Waals surface area contributed by atoms with Crippen molar-refractivity contribution in [2.24, 2.45) is 10.7 Å². The second kappa shape index (κ2) is 9.01. The Morgan fingerprint density at radius 3 is 2.67 bits per heavy atom. The minimum Gasteiger partial charge on any atom is -0.370 e. The van der Waals surface area contributed by atoms with Gasteiger partial charge < -0.3 is 11.1 Å². The van der Waals surface area contributed by atoms with Crippen LogP contribution in [0.25, 0.3) is 11.3 Å². The van der Waals surface area contributed by atoms with Gasteiger partial charge in [0.05, 0.1) is 12.2 Å². The van der Waals surface area contributed by atoms with E-state index in [0.29, 0.717) is 18.5 Å². The van der Waals surface area contributed by atoms with Crippen LogP contribution in [0.15, 0.2) is 29.3 Å². The van der Waals surface area contributed by atoms with Crippen LogP contribution in [0.4, 0.5) is 0 Å². The second-order valence-electron chi connectivity index (χ2n) is 5.85. The Kier molecular flexibility index (Phi) is 7.31.